The van der Waals surface area contributed by atoms with Crippen LogP contribution < -0.4 is 20.1 Å². The minimum atomic E-state index is -0.704. The Morgan fingerprint density at radius 3 is 2.70 bits per heavy atom. The molecular formula is C24H20N2O4. The summed E-state index contributed by atoms with van der Waals surface area (Å²) in [5, 5.41) is 5.63. The molecule has 1 aliphatic rings. The van der Waals surface area contributed by atoms with E-state index < -0.39 is 6.10 Å². The van der Waals surface area contributed by atoms with Gasteiger partial charge in [0.05, 0.1) is 12.8 Å². The summed E-state index contributed by atoms with van der Waals surface area (Å²) in [5.74, 6) is 0.725. The Hall–Kier alpha value is -4.06. The highest BCUT2D eigenvalue weighted by atomic mass is 16.5. The van der Waals surface area contributed by atoms with Crippen molar-refractivity contribution in [3.8, 4) is 11.5 Å². The molecule has 1 atom stereocenters. The fourth-order valence-corrected chi connectivity index (χ4v) is 3.14. The molecule has 150 valence electrons. The van der Waals surface area contributed by atoms with Crippen LogP contribution in [-0.4, -0.2) is 18.9 Å². The van der Waals surface area contributed by atoms with Crippen LogP contribution in [0.4, 0.5) is 11.4 Å². The van der Waals surface area contributed by atoms with Crippen LogP contribution in [0.15, 0.2) is 78.9 Å². The maximum Gasteiger partial charge on any atom is 0.270 e. The van der Waals surface area contributed by atoms with Crippen LogP contribution in [0.2, 0.25) is 0 Å². The Balaban J connectivity index is 1.44. The second kappa shape index (κ2) is 8.53. The topological polar surface area (TPSA) is 76.7 Å². The molecule has 0 aliphatic carbocycles. The van der Waals surface area contributed by atoms with Crippen LogP contribution in [0.1, 0.15) is 17.2 Å². The Labute approximate surface area is 174 Å². The van der Waals surface area contributed by atoms with Crippen molar-refractivity contribution in [2.75, 3.05) is 17.7 Å². The average molecular weight is 400 g/mol. The van der Waals surface area contributed by atoms with Gasteiger partial charge < -0.3 is 20.1 Å². The van der Waals surface area contributed by atoms with Crippen molar-refractivity contribution >= 4 is 29.3 Å². The van der Waals surface area contributed by atoms with Gasteiger partial charge in [-0.1, -0.05) is 42.5 Å². The van der Waals surface area contributed by atoms with E-state index >= 15 is 0 Å². The lowest BCUT2D eigenvalue weighted by atomic mass is 10.1. The molecule has 0 radical (unpaired) electrons. The minimum Gasteiger partial charge on any atom is -0.497 e. The third kappa shape index (κ3) is 4.33. The Morgan fingerprint density at radius 2 is 1.90 bits per heavy atom. The zero-order valence-corrected chi connectivity index (χ0v) is 16.3. The molecule has 30 heavy (non-hydrogen) atoms. The number of fused-ring (bicyclic) bond motifs is 1. The lowest BCUT2D eigenvalue weighted by Crippen LogP contribution is -2.30. The molecular weight excluding hydrogens is 380 g/mol. The summed E-state index contributed by atoms with van der Waals surface area (Å²) < 4.78 is 11.0. The lowest BCUT2D eigenvalue weighted by molar-refractivity contribution is -0.123. The number of carbonyl (C=O) groups excluding carboxylic acids is 2. The monoisotopic (exact) mass is 400 g/mol. The van der Waals surface area contributed by atoms with Gasteiger partial charge in [-0.25, -0.2) is 0 Å². The maximum absolute atomic E-state index is 12.5. The van der Waals surface area contributed by atoms with Gasteiger partial charge in [-0.2, -0.15) is 0 Å². The van der Waals surface area contributed by atoms with Crippen LogP contribution in [0.3, 0.4) is 0 Å². The number of amides is 2. The summed E-state index contributed by atoms with van der Waals surface area (Å²) in [5.41, 5.74) is 2.70. The summed E-state index contributed by atoms with van der Waals surface area (Å²) >= 11 is 0. The minimum absolute atomic E-state index is 0.255. The van der Waals surface area contributed by atoms with Crippen molar-refractivity contribution in [3.63, 3.8) is 0 Å². The van der Waals surface area contributed by atoms with Crippen molar-refractivity contribution in [2.24, 2.45) is 0 Å². The van der Waals surface area contributed by atoms with E-state index in [-0.39, 0.29) is 11.8 Å². The summed E-state index contributed by atoms with van der Waals surface area (Å²) in [6, 6.07) is 21.8. The number of nitrogens with one attached hydrogen (secondary N) is 2. The quantitative estimate of drug-likeness (QED) is 0.622. The highest BCUT2D eigenvalue weighted by Crippen LogP contribution is 2.36. The van der Waals surface area contributed by atoms with Gasteiger partial charge in [0, 0.05) is 17.3 Å². The van der Waals surface area contributed by atoms with Gasteiger partial charge in [-0.3, -0.25) is 9.59 Å². The van der Waals surface area contributed by atoms with Crippen molar-refractivity contribution in [1.29, 1.82) is 0 Å². The van der Waals surface area contributed by atoms with E-state index in [4.69, 9.17) is 9.47 Å². The van der Waals surface area contributed by atoms with Crippen LogP contribution in [0.5, 0.6) is 11.5 Å². The van der Waals surface area contributed by atoms with Gasteiger partial charge in [0.1, 0.15) is 11.5 Å². The predicted molar refractivity (Wildman–Crippen MR) is 116 cm³/mol. The fourth-order valence-electron chi connectivity index (χ4n) is 3.14. The van der Waals surface area contributed by atoms with Crippen LogP contribution in [0.25, 0.3) is 6.08 Å². The summed E-state index contributed by atoms with van der Waals surface area (Å²) in [7, 11) is 1.59. The highest BCUT2D eigenvalue weighted by Gasteiger charge is 2.29. The van der Waals surface area contributed by atoms with E-state index in [9.17, 15) is 9.59 Å². The van der Waals surface area contributed by atoms with Gasteiger partial charge in [0.2, 0.25) is 12.0 Å². The molecule has 1 heterocycles. The molecule has 1 aliphatic heterocycles. The molecule has 3 aromatic carbocycles. The largest absolute Gasteiger partial charge is 0.497 e. The SMILES string of the molecule is COc1cccc(/C=C/C(=O)Nc2ccc3c(c2)NC(=O)C(c2ccccc2)O3)c1. The number of anilines is 2. The summed E-state index contributed by atoms with van der Waals surface area (Å²) in [4.78, 5) is 24.7. The van der Waals surface area contributed by atoms with E-state index in [1.165, 1.54) is 6.08 Å². The van der Waals surface area contributed by atoms with Crippen molar-refractivity contribution < 1.29 is 19.1 Å². The molecule has 6 heteroatoms. The number of rotatable bonds is 5. The number of benzene rings is 3. The molecule has 2 N–H and O–H groups in total. The van der Waals surface area contributed by atoms with Crippen molar-refractivity contribution in [3.05, 3.63) is 90.0 Å². The lowest BCUT2D eigenvalue weighted by Gasteiger charge is -2.26. The van der Waals surface area contributed by atoms with E-state index in [0.717, 1.165) is 16.9 Å². The molecule has 0 saturated carbocycles. The second-order valence-electron chi connectivity index (χ2n) is 6.71. The molecule has 0 aromatic heterocycles. The number of carbonyl (C=O) groups is 2. The molecule has 2 amide bonds. The number of methoxy groups -OCH3 is 1. The third-order valence-corrected chi connectivity index (χ3v) is 4.61. The summed E-state index contributed by atoms with van der Waals surface area (Å²) in [6.45, 7) is 0. The molecule has 4 rings (SSSR count). The zero-order chi connectivity index (χ0) is 20.9. The standard InChI is InChI=1S/C24H20N2O4/c1-29-19-9-5-6-16(14-19)10-13-22(27)25-18-11-12-21-20(15-18)26-24(28)23(30-21)17-7-3-2-4-8-17/h2-15,23H,1H3,(H,25,27)(H,26,28)/b13-10+. The predicted octanol–water partition coefficient (Wildman–Crippen LogP) is 4.42. The molecule has 1 unspecified atom stereocenters. The third-order valence-electron chi connectivity index (χ3n) is 4.61. The Bertz CT molecular complexity index is 1110. The normalized spacial score (nSPS) is 15.1. The summed E-state index contributed by atoms with van der Waals surface area (Å²) in [6.07, 6.45) is 2.44. The number of ether oxygens (including phenoxy) is 2. The van der Waals surface area contributed by atoms with Crippen LogP contribution >= 0.6 is 0 Å². The first kappa shape index (κ1) is 19.3. The number of hydrogen-bond donors (Lipinski definition) is 2. The van der Waals surface area contributed by atoms with Gasteiger partial charge in [0.15, 0.2) is 0 Å². The van der Waals surface area contributed by atoms with Gasteiger partial charge in [-0.05, 0) is 42.0 Å². The van der Waals surface area contributed by atoms with Gasteiger partial charge >= 0.3 is 0 Å². The molecule has 0 spiro atoms. The van der Waals surface area contributed by atoms with E-state index in [1.54, 1.807) is 31.4 Å². The zero-order valence-electron chi connectivity index (χ0n) is 16.3. The smallest absolute Gasteiger partial charge is 0.270 e. The first-order chi connectivity index (χ1) is 14.6. The van der Waals surface area contributed by atoms with Crippen molar-refractivity contribution in [2.45, 2.75) is 6.10 Å². The first-order valence-corrected chi connectivity index (χ1v) is 9.42. The van der Waals surface area contributed by atoms with E-state index in [0.29, 0.717) is 17.1 Å². The van der Waals surface area contributed by atoms with Gasteiger partial charge in [0.25, 0.3) is 5.91 Å². The second-order valence-corrected chi connectivity index (χ2v) is 6.71. The number of hydrogen-bond acceptors (Lipinski definition) is 4. The van der Waals surface area contributed by atoms with E-state index in [1.807, 2.05) is 54.6 Å². The maximum atomic E-state index is 12.5. The Morgan fingerprint density at radius 1 is 1.07 bits per heavy atom. The van der Waals surface area contributed by atoms with Crippen LogP contribution in [0, 0.1) is 0 Å². The van der Waals surface area contributed by atoms with E-state index in [2.05, 4.69) is 10.6 Å². The fraction of sp³-hybridized carbons (Fsp3) is 0.0833. The Kier molecular flexibility index (Phi) is 5.48. The molecule has 0 saturated heterocycles. The molecule has 0 bridgehead atoms. The molecule has 3 aromatic rings. The average Bonchev–Trinajstić information content (AvgIpc) is 2.78. The molecule has 0 fully saturated rings. The highest BCUT2D eigenvalue weighted by molar-refractivity contribution is 6.03. The van der Waals surface area contributed by atoms with Crippen LogP contribution in [-0.2, 0) is 9.59 Å². The molecule has 6 nitrogen and oxygen atoms in total. The first-order valence-electron chi connectivity index (χ1n) is 9.42. The van der Waals surface area contributed by atoms with Gasteiger partial charge in [-0.15, -0.1) is 0 Å². The van der Waals surface area contributed by atoms with Crippen molar-refractivity contribution in [1.82, 2.24) is 0 Å².